The molecule has 5 aromatic rings. The Labute approximate surface area is 368 Å². The van der Waals surface area contributed by atoms with Gasteiger partial charge in [-0.3, -0.25) is 29.0 Å². The van der Waals surface area contributed by atoms with Crippen molar-refractivity contribution in [1.29, 1.82) is 0 Å². The SMILES string of the molecule is COc1ccc2c(c1)C(=O)N(C[C@@]1(c3ccc(Br)cc3)NC(=O)N(C)C1=O)C2.COc1ccc2c(c1)C(=O)N(C[C@@]1(c3ccc(Oc4ccc(F)cn4)cc3)NC(=O)N(C)C1=O)C2. The molecule has 0 saturated carbocycles. The fourth-order valence-electron chi connectivity index (χ4n) is 8.03. The molecule has 1 aromatic heterocycles. The number of hydrogen-bond acceptors (Lipinski definition) is 10. The number of nitrogens with one attached hydrogen (secondary N) is 2. The van der Waals surface area contributed by atoms with Crippen LogP contribution in [0.4, 0.5) is 14.0 Å². The summed E-state index contributed by atoms with van der Waals surface area (Å²) in [5.74, 6) is -0.0182. The molecule has 4 aromatic carbocycles. The molecule has 4 aliphatic heterocycles. The quantitative estimate of drug-likeness (QED) is 0.169. The van der Waals surface area contributed by atoms with Crippen LogP contribution in [-0.4, -0.2) is 102 Å². The molecule has 63 heavy (non-hydrogen) atoms. The first-order chi connectivity index (χ1) is 30.2. The summed E-state index contributed by atoms with van der Waals surface area (Å²) in [6.07, 6.45) is 1.04. The summed E-state index contributed by atoms with van der Waals surface area (Å²) in [5.41, 5.74) is 1.04. The van der Waals surface area contributed by atoms with Crippen LogP contribution in [-0.2, 0) is 33.8 Å². The summed E-state index contributed by atoms with van der Waals surface area (Å²) >= 11 is 3.38. The van der Waals surface area contributed by atoms with E-state index in [-0.39, 0.29) is 36.7 Å². The molecule has 2 saturated heterocycles. The second-order valence-electron chi connectivity index (χ2n) is 15.2. The molecular weight excluding hydrogens is 881 g/mol. The van der Waals surface area contributed by atoms with E-state index in [0.29, 0.717) is 52.6 Å². The number of fused-ring (bicyclic) bond motifs is 2. The van der Waals surface area contributed by atoms with Crippen LogP contribution >= 0.6 is 15.9 Å². The van der Waals surface area contributed by atoms with E-state index < -0.39 is 34.9 Å². The van der Waals surface area contributed by atoms with Crippen LogP contribution in [0.1, 0.15) is 43.0 Å². The summed E-state index contributed by atoms with van der Waals surface area (Å²) in [5, 5.41) is 5.58. The van der Waals surface area contributed by atoms with Crippen molar-refractivity contribution in [2.45, 2.75) is 24.2 Å². The molecular formula is C45H39BrFN7O9. The van der Waals surface area contributed by atoms with Crippen molar-refractivity contribution in [2.24, 2.45) is 0 Å². The number of likely N-dealkylation sites (N-methyl/N-ethyl adjacent to an activating group) is 2. The van der Waals surface area contributed by atoms with E-state index in [1.807, 2.05) is 12.1 Å². The fourth-order valence-corrected chi connectivity index (χ4v) is 8.30. The molecule has 16 nitrogen and oxygen atoms in total. The largest absolute Gasteiger partial charge is 0.497 e. The molecule has 18 heteroatoms. The van der Waals surface area contributed by atoms with Crippen LogP contribution in [0.5, 0.6) is 23.1 Å². The molecule has 0 aliphatic carbocycles. The van der Waals surface area contributed by atoms with Gasteiger partial charge >= 0.3 is 12.1 Å². The second kappa shape index (κ2) is 16.5. The van der Waals surface area contributed by atoms with E-state index in [1.165, 1.54) is 38.2 Å². The maximum atomic E-state index is 13.3. The smallest absolute Gasteiger partial charge is 0.325 e. The molecule has 0 spiro atoms. The average Bonchev–Trinajstić information content (AvgIpc) is 3.92. The van der Waals surface area contributed by atoms with Crippen LogP contribution in [0.25, 0.3) is 0 Å². The molecule has 322 valence electrons. The van der Waals surface area contributed by atoms with Gasteiger partial charge in [-0.15, -0.1) is 0 Å². The van der Waals surface area contributed by atoms with Crippen LogP contribution in [0.2, 0.25) is 0 Å². The Bertz CT molecular complexity index is 2690. The highest BCUT2D eigenvalue weighted by atomic mass is 79.9. The Morgan fingerprint density at radius 3 is 1.48 bits per heavy atom. The number of imide groups is 2. The minimum absolute atomic E-state index is 0.0410. The highest BCUT2D eigenvalue weighted by Crippen LogP contribution is 2.37. The minimum atomic E-state index is -1.47. The van der Waals surface area contributed by atoms with E-state index in [2.05, 4.69) is 31.5 Å². The van der Waals surface area contributed by atoms with Gasteiger partial charge in [0, 0.05) is 48.9 Å². The Balaban J connectivity index is 0.000000177. The zero-order chi connectivity index (χ0) is 44.8. The number of halogens is 2. The molecule has 8 amide bonds. The number of amides is 8. The van der Waals surface area contributed by atoms with E-state index in [9.17, 15) is 33.2 Å². The van der Waals surface area contributed by atoms with Gasteiger partial charge in [0.1, 0.15) is 23.1 Å². The highest BCUT2D eigenvalue weighted by molar-refractivity contribution is 9.10. The number of hydrogen-bond donors (Lipinski definition) is 2. The first-order valence-corrected chi connectivity index (χ1v) is 20.2. The van der Waals surface area contributed by atoms with Gasteiger partial charge in [0.05, 0.1) is 33.5 Å². The number of methoxy groups -OCH3 is 2. The lowest BCUT2D eigenvalue weighted by atomic mass is 9.89. The third-order valence-corrected chi connectivity index (χ3v) is 12.0. The highest BCUT2D eigenvalue weighted by Gasteiger charge is 2.54. The number of benzene rings is 4. The normalized spacial score (nSPS) is 20.0. The van der Waals surface area contributed by atoms with E-state index in [1.54, 1.807) is 84.8 Å². The minimum Gasteiger partial charge on any atom is -0.497 e. The van der Waals surface area contributed by atoms with Crippen molar-refractivity contribution in [3.8, 4) is 23.1 Å². The number of ether oxygens (including phenoxy) is 3. The van der Waals surface area contributed by atoms with Crippen LogP contribution in [0.15, 0.2) is 108 Å². The number of aromatic nitrogens is 1. The molecule has 5 heterocycles. The summed E-state index contributed by atoms with van der Waals surface area (Å²) < 4.78 is 30.0. The second-order valence-corrected chi connectivity index (χ2v) is 16.1. The third-order valence-electron chi connectivity index (χ3n) is 11.4. The van der Waals surface area contributed by atoms with Crippen molar-refractivity contribution in [2.75, 3.05) is 41.4 Å². The van der Waals surface area contributed by atoms with Gasteiger partial charge in [-0.2, -0.15) is 0 Å². The van der Waals surface area contributed by atoms with Gasteiger partial charge in [0.2, 0.25) is 5.88 Å². The number of urea groups is 2. The van der Waals surface area contributed by atoms with Crippen molar-refractivity contribution in [3.05, 3.63) is 147 Å². The first kappa shape index (κ1) is 42.4. The standard InChI is InChI=1S/C25H21FN4O5.C20H18BrN3O4/c1-29-23(32)25(28-24(29)33,14-30-13-15-3-7-19(34-2)11-20(15)22(30)31)16-4-8-18(9-5-16)35-21-10-6-17(26)12-27-21;1-23-18(26)20(22-19(23)27,13-4-6-14(21)7-5-13)11-24-10-12-3-8-15(28-2)9-16(12)17(24)25/h3-12H,13-14H2,1-2H3,(H,28,33);3-9H,10-11H2,1-2H3,(H,22,27)/t25-;20-/m00/s1. The van der Waals surface area contributed by atoms with Gasteiger partial charge in [0.25, 0.3) is 23.6 Å². The van der Waals surface area contributed by atoms with Crippen molar-refractivity contribution in [3.63, 3.8) is 0 Å². The number of rotatable bonds is 10. The number of nitrogens with zero attached hydrogens (tertiary/aromatic N) is 5. The van der Waals surface area contributed by atoms with E-state index >= 15 is 0 Å². The summed E-state index contributed by atoms with van der Waals surface area (Å²) in [6, 6.07) is 25.9. The summed E-state index contributed by atoms with van der Waals surface area (Å²) in [6.45, 7) is 0.643. The van der Waals surface area contributed by atoms with Crippen LogP contribution in [0, 0.1) is 5.82 Å². The molecule has 2 atom stereocenters. The maximum Gasteiger partial charge on any atom is 0.325 e. The topological polar surface area (TPSA) is 180 Å². The average molecular weight is 921 g/mol. The number of pyridine rings is 1. The van der Waals surface area contributed by atoms with Gasteiger partial charge in [-0.25, -0.2) is 19.0 Å². The van der Waals surface area contributed by atoms with Gasteiger partial charge < -0.3 is 34.6 Å². The predicted molar refractivity (Wildman–Crippen MR) is 226 cm³/mol. The summed E-state index contributed by atoms with van der Waals surface area (Å²) in [7, 11) is 5.90. The van der Waals surface area contributed by atoms with E-state index in [0.717, 1.165) is 31.6 Å². The monoisotopic (exact) mass is 919 g/mol. The zero-order valence-corrected chi connectivity index (χ0v) is 35.9. The van der Waals surface area contributed by atoms with Crippen LogP contribution < -0.4 is 24.8 Å². The molecule has 0 radical (unpaired) electrons. The molecule has 4 aliphatic rings. The fraction of sp³-hybridized carbons (Fsp3) is 0.222. The lowest BCUT2D eigenvalue weighted by Crippen LogP contribution is -2.52. The molecule has 0 bridgehead atoms. The number of carbonyl (C=O) groups excluding carboxylic acids is 6. The van der Waals surface area contributed by atoms with Crippen LogP contribution in [0.3, 0.4) is 0 Å². The number of carbonyl (C=O) groups is 6. The predicted octanol–water partition coefficient (Wildman–Crippen LogP) is 5.55. The lowest BCUT2D eigenvalue weighted by Gasteiger charge is -2.31. The van der Waals surface area contributed by atoms with Crippen molar-refractivity contribution in [1.82, 2.24) is 35.2 Å². The zero-order valence-electron chi connectivity index (χ0n) is 34.3. The molecule has 0 unspecified atom stereocenters. The summed E-state index contributed by atoms with van der Waals surface area (Å²) in [4.78, 5) is 86.3. The first-order valence-electron chi connectivity index (χ1n) is 19.5. The lowest BCUT2D eigenvalue weighted by molar-refractivity contribution is -0.132. The van der Waals surface area contributed by atoms with Gasteiger partial charge in [0.15, 0.2) is 11.1 Å². The Morgan fingerprint density at radius 1 is 0.635 bits per heavy atom. The molecule has 2 fully saturated rings. The maximum absolute atomic E-state index is 13.3. The molecule has 2 N–H and O–H groups in total. The van der Waals surface area contributed by atoms with E-state index in [4.69, 9.17) is 14.2 Å². The van der Waals surface area contributed by atoms with Gasteiger partial charge in [-0.1, -0.05) is 52.3 Å². The molecule has 9 rings (SSSR count). The Hall–Kier alpha value is -7.34. The Morgan fingerprint density at radius 2 is 1.08 bits per heavy atom. The third kappa shape index (κ3) is 7.66. The van der Waals surface area contributed by atoms with Crippen molar-refractivity contribution < 1.29 is 47.4 Å². The Kier molecular flexibility index (Phi) is 11.1. The van der Waals surface area contributed by atoms with Crippen molar-refractivity contribution >= 4 is 51.6 Å². The van der Waals surface area contributed by atoms with Gasteiger partial charge in [-0.05, 0) is 76.9 Å².